The lowest BCUT2D eigenvalue weighted by atomic mass is 9.83. The van der Waals surface area contributed by atoms with Crippen molar-refractivity contribution >= 4 is 11.0 Å². The van der Waals surface area contributed by atoms with Gasteiger partial charge < -0.3 is 5.11 Å². The molecule has 2 aliphatic carbocycles. The quantitative estimate of drug-likeness (QED) is 0.141. The summed E-state index contributed by atoms with van der Waals surface area (Å²) in [5, 5.41) is 12.8. The zero-order chi connectivity index (χ0) is 53.1. The van der Waals surface area contributed by atoms with Crippen molar-refractivity contribution in [3.05, 3.63) is 192 Å². The van der Waals surface area contributed by atoms with Gasteiger partial charge in [0.25, 0.3) is 0 Å². The number of nitrogens with zero attached hydrogens (tertiary/aromatic N) is 3. The average Bonchev–Trinajstić information content (AvgIpc) is 4.25. The Bertz CT molecular complexity index is 3580. The molecule has 2 fully saturated rings. The highest BCUT2D eigenvalue weighted by Crippen LogP contribution is 2.46. The minimum absolute atomic E-state index is 0.0548. The number of aromatic nitrogens is 3. The van der Waals surface area contributed by atoms with Gasteiger partial charge in [0.05, 0.1) is 28.0 Å². The molecule has 0 aliphatic heterocycles. The number of rotatable bonds is 11. The molecule has 2 heterocycles. The van der Waals surface area contributed by atoms with Crippen LogP contribution in [0.4, 0.5) is 0 Å². The van der Waals surface area contributed by atoms with Gasteiger partial charge in [-0.3, -0.25) is 9.55 Å². The van der Waals surface area contributed by atoms with Crippen molar-refractivity contribution < 1.29 is 10.6 Å². The van der Waals surface area contributed by atoms with Gasteiger partial charge in [-0.2, -0.15) is 0 Å². The van der Waals surface area contributed by atoms with Crippen LogP contribution in [-0.2, 0) is 23.6 Å². The molecule has 1 N–H and O–H groups in total. The molecule has 0 radical (unpaired) electrons. The summed E-state index contributed by atoms with van der Waals surface area (Å²) in [5.41, 5.74) is 15.4. The van der Waals surface area contributed by atoms with Gasteiger partial charge in [-0.25, -0.2) is 4.98 Å². The summed E-state index contributed by atoms with van der Waals surface area (Å²) >= 11 is 0. The number of imidazole rings is 1. The molecule has 4 nitrogen and oxygen atoms in total. The SMILES string of the molecule is [2H]C([2H])(c1ccc(-c2ccnc(-c3cc(-c4cccc5c4nc(-c4cc(C(C)(C)C)cc(-c6ccccc6)c4O)n5-c4ccc(C([2H])([2H])C5CCCC5)cc4-c4ccccc4)cc(C(C)(C)C)c3)c2)cc1)C1CCCC1. The van der Waals surface area contributed by atoms with Gasteiger partial charge in [0.2, 0.25) is 0 Å². The molecule has 362 valence electrons. The maximum Gasteiger partial charge on any atom is 0.149 e. The molecular weight excluding hydrogens is 875 g/mol. The second-order valence-electron chi connectivity index (χ2n) is 22.4. The van der Waals surface area contributed by atoms with E-state index in [0.29, 0.717) is 17.0 Å². The minimum atomic E-state index is -1.52. The summed E-state index contributed by atoms with van der Waals surface area (Å²) in [5.74, 6) is 0.717. The maximum absolute atomic E-state index is 12.8. The molecular formula is C68H69N3O. The van der Waals surface area contributed by atoms with E-state index in [-0.39, 0.29) is 28.4 Å². The second kappa shape index (κ2) is 19.5. The fourth-order valence-corrected chi connectivity index (χ4v) is 11.0. The lowest BCUT2D eigenvalue weighted by Gasteiger charge is -2.23. The van der Waals surface area contributed by atoms with Crippen LogP contribution in [0, 0.1) is 11.8 Å². The first-order valence-electron chi connectivity index (χ1n) is 28.2. The van der Waals surface area contributed by atoms with Crippen LogP contribution >= 0.6 is 0 Å². The predicted molar refractivity (Wildman–Crippen MR) is 302 cm³/mol. The van der Waals surface area contributed by atoms with Crippen molar-refractivity contribution in [3.63, 3.8) is 0 Å². The Balaban J connectivity index is 1.13. The Hall–Kier alpha value is -7.04. The molecule has 4 heteroatoms. The van der Waals surface area contributed by atoms with Gasteiger partial charge in [0.1, 0.15) is 11.6 Å². The molecule has 9 aromatic rings. The van der Waals surface area contributed by atoms with E-state index in [1.54, 1.807) is 0 Å². The number of hydrogen-bond acceptors (Lipinski definition) is 3. The maximum atomic E-state index is 12.8. The van der Waals surface area contributed by atoms with E-state index >= 15 is 0 Å². The zero-order valence-corrected chi connectivity index (χ0v) is 42.8. The standard InChI is InChI=1S/C68H69N3O/c1-67(2,3)55-40-53(39-54(41-55)61-42-52(34-35-69-61)49-31-28-47(29-32-49)36-45-18-13-14-19-45)57-26-17-27-63-64(57)70-66(60-44-56(68(4,5)6)43-59(65(60)72)51-24-11-8-12-25-51)71(63)62-33-30-48(37-46-20-15-16-21-46)38-58(62)50-22-9-7-10-23-50/h7-12,17,22-35,38-46,72H,13-16,18-21,36-37H2,1-6H3/i36D2,37D2. The van der Waals surface area contributed by atoms with E-state index in [9.17, 15) is 7.85 Å². The minimum Gasteiger partial charge on any atom is -0.507 e. The number of hydrogen-bond donors (Lipinski definition) is 1. The highest BCUT2D eigenvalue weighted by Gasteiger charge is 2.28. The van der Waals surface area contributed by atoms with Gasteiger partial charge in [-0.1, -0.05) is 202 Å². The molecule has 7 aromatic carbocycles. The number of fused-ring (bicyclic) bond motifs is 1. The highest BCUT2D eigenvalue weighted by atomic mass is 16.3. The van der Waals surface area contributed by atoms with Crippen LogP contribution in [-0.4, -0.2) is 19.6 Å². The second-order valence-corrected chi connectivity index (χ2v) is 22.4. The van der Waals surface area contributed by atoms with Crippen LogP contribution in [0.2, 0.25) is 0 Å². The van der Waals surface area contributed by atoms with Crippen molar-refractivity contribution in [3.8, 4) is 78.6 Å². The number of aromatic hydroxyl groups is 1. The molecule has 2 saturated carbocycles. The Morgan fingerprint density at radius 2 is 1.08 bits per heavy atom. The third-order valence-electron chi connectivity index (χ3n) is 15.1. The fraction of sp³-hybridized carbons (Fsp3) is 0.294. The van der Waals surface area contributed by atoms with Crippen LogP contribution in [0.15, 0.2) is 170 Å². The van der Waals surface area contributed by atoms with Crippen molar-refractivity contribution in [1.82, 2.24) is 14.5 Å². The molecule has 11 rings (SSSR count). The summed E-state index contributed by atoms with van der Waals surface area (Å²) in [7, 11) is 0. The summed E-state index contributed by atoms with van der Waals surface area (Å²) in [6.45, 7) is 13.3. The normalized spacial score (nSPS) is 15.9. The topological polar surface area (TPSA) is 50.9 Å². The Labute approximate surface area is 433 Å². The zero-order valence-electron chi connectivity index (χ0n) is 46.8. The number of para-hydroxylation sites is 1. The van der Waals surface area contributed by atoms with Crippen LogP contribution < -0.4 is 0 Å². The average molecular weight is 948 g/mol. The largest absolute Gasteiger partial charge is 0.507 e. The van der Waals surface area contributed by atoms with E-state index in [2.05, 4.69) is 125 Å². The van der Waals surface area contributed by atoms with Gasteiger partial charge in [-0.15, -0.1) is 0 Å². The van der Waals surface area contributed by atoms with Crippen LogP contribution in [0.5, 0.6) is 5.75 Å². The van der Waals surface area contributed by atoms with Crippen LogP contribution in [0.1, 0.15) is 121 Å². The first kappa shape index (κ1) is 42.6. The first-order chi connectivity index (χ1) is 36.4. The van der Waals surface area contributed by atoms with Gasteiger partial charge in [0.15, 0.2) is 0 Å². The summed E-state index contributed by atoms with van der Waals surface area (Å²) in [4.78, 5) is 10.7. The lowest BCUT2D eigenvalue weighted by molar-refractivity contribution is 0.477. The van der Waals surface area contributed by atoms with Gasteiger partial charge in [0, 0.05) is 33.9 Å². The molecule has 2 aliphatic rings. The van der Waals surface area contributed by atoms with Crippen molar-refractivity contribution in [1.29, 1.82) is 0 Å². The first-order valence-corrected chi connectivity index (χ1v) is 26.2. The molecule has 0 atom stereocenters. The van der Waals surface area contributed by atoms with Crippen molar-refractivity contribution in [2.24, 2.45) is 11.8 Å². The van der Waals surface area contributed by atoms with E-state index in [1.165, 1.54) is 0 Å². The molecule has 72 heavy (non-hydrogen) atoms. The van der Waals surface area contributed by atoms with Crippen LogP contribution in [0.25, 0.3) is 83.9 Å². The smallest absolute Gasteiger partial charge is 0.149 e. The fourth-order valence-electron chi connectivity index (χ4n) is 11.0. The monoisotopic (exact) mass is 948 g/mol. The van der Waals surface area contributed by atoms with E-state index < -0.39 is 12.7 Å². The summed E-state index contributed by atoms with van der Waals surface area (Å²) < 4.78 is 39.3. The third-order valence-corrected chi connectivity index (χ3v) is 15.1. The van der Waals surface area contributed by atoms with Gasteiger partial charge >= 0.3 is 0 Å². The lowest BCUT2D eigenvalue weighted by Crippen LogP contribution is -2.12. The highest BCUT2D eigenvalue weighted by molar-refractivity contribution is 5.98. The Morgan fingerprint density at radius 1 is 0.500 bits per heavy atom. The van der Waals surface area contributed by atoms with E-state index in [1.807, 2.05) is 91.1 Å². The van der Waals surface area contributed by atoms with Crippen molar-refractivity contribution in [2.45, 2.75) is 116 Å². The molecule has 0 amide bonds. The number of benzene rings is 7. The number of pyridine rings is 1. The van der Waals surface area contributed by atoms with Gasteiger partial charge in [-0.05, 0) is 140 Å². The molecule has 0 spiro atoms. The Morgan fingerprint density at radius 3 is 1.74 bits per heavy atom. The number of phenolic OH excluding ortho intramolecular Hbond substituents is 1. The van der Waals surface area contributed by atoms with Crippen LogP contribution in [0.3, 0.4) is 0 Å². The molecule has 0 saturated heterocycles. The Kier molecular flexibility index (Phi) is 11.6. The van der Waals surface area contributed by atoms with Crippen molar-refractivity contribution in [2.75, 3.05) is 0 Å². The van der Waals surface area contributed by atoms with E-state index in [0.717, 1.165) is 141 Å². The third kappa shape index (κ3) is 9.69. The molecule has 0 bridgehead atoms. The molecule has 0 unspecified atom stereocenters. The summed E-state index contributed by atoms with van der Waals surface area (Å²) in [6.07, 6.45) is 6.89. The van der Waals surface area contributed by atoms with E-state index in [4.69, 9.17) is 12.7 Å². The predicted octanol–water partition coefficient (Wildman–Crippen LogP) is 18.2. The summed E-state index contributed by atoms with van der Waals surface area (Å²) in [6, 6.07) is 55.9. The number of phenols is 1. The molecule has 2 aromatic heterocycles.